The van der Waals surface area contributed by atoms with Crippen molar-refractivity contribution in [1.82, 2.24) is 20.4 Å². The van der Waals surface area contributed by atoms with Crippen LogP contribution in [0.15, 0.2) is 30.3 Å². The number of hydrogen-bond donors (Lipinski definition) is 2. The summed E-state index contributed by atoms with van der Waals surface area (Å²) in [6.45, 7) is 2.72. The van der Waals surface area contributed by atoms with E-state index in [1.165, 1.54) is 31.2 Å². The number of methoxy groups -OCH3 is 1. The Labute approximate surface area is 153 Å². The highest BCUT2D eigenvalue weighted by Gasteiger charge is 2.27. The Morgan fingerprint density at radius 1 is 1.31 bits per heavy atom. The van der Waals surface area contributed by atoms with Gasteiger partial charge in [-0.15, -0.1) is 0 Å². The molecule has 26 heavy (non-hydrogen) atoms. The van der Waals surface area contributed by atoms with Gasteiger partial charge in [-0.25, -0.2) is 0 Å². The van der Waals surface area contributed by atoms with Crippen LogP contribution in [0.4, 0.5) is 0 Å². The summed E-state index contributed by atoms with van der Waals surface area (Å²) in [5.41, 5.74) is 2.77. The molecule has 1 aromatic heterocycles. The van der Waals surface area contributed by atoms with E-state index in [2.05, 4.69) is 32.5 Å². The fourth-order valence-corrected chi connectivity index (χ4v) is 3.67. The van der Waals surface area contributed by atoms with E-state index in [4.69, 9.17) is 4.74 Å². The maximum absolute atomic E-state index is 12.5. The summed E-state index contributed by atoms with van der Waals surface area (Å²) in [7, 11) is 1.67. The highest BCUT2D eigenvalue weighted by atomic mass is 16.5. The lowest BCUT2D eigenvalue weighted by atomic mass is 10.1. The highest BCUT2D eigenvalue weighted by molar-refractivity contribution is 5.92. The first-order valence-electron chi connectivity index (χ1n) is 9.46. The van der Waals surface area contributed by atoms with E-state index in [0.29, 0.717) is 18.2 Å². The predicted molar refractivity (Wildman–Crippen MR) is 99.4 cm³/mol. The topological polar surface area (TPSA) is 70.2 Å². The molecule has 4 rings (SSSR count). The fourth-order valence-electron chi connectivity index (χ4n) is 3.67. The molecule has 0 radical (unpaired) electrons. The van der Waals surface area contributed by atoms with Gasteiger partial charge in [0.25, 0.3) is 5.91 Å². The number of H-pyrrole nitrogens is 1. The molecule has 0 spiro atoms. The highest BCUT2D eigenvalue weighted by Crippen LogP contribution is 2.39. The molecular weight excluding hydrogens is 328 g/mol. The van der Waals surface area contributed by atoms with E-state index >= 15 is 0 Å². The molecule has 2 heterocycles. The second kappa shape index (κ2) is 7.50. The van der Waals surface area contributed by atoms with Crippen LogP contribution in [0.5, 0.6) is 5.75 Å². The first-order valence-corrected chi connectivity index (χ1v) is 9.46. The van der Waals surface area contributed by atoms with Crippen molar-refractivity contribution >= 4 is 5.91 Å². The first kappa shape index (κ1) is 17.1. The van der Waals surface area contributed by atoms with Crippen LogP contribution in [0, 0.1) is 0 Å². The average Bonchev–Trinajstić information content (AvgIpc) is 3.17. The largest absolute Gasteiger partial charge is 0.497 e. The summed E-state index contributed by atoms with van der Waals surface area (Å²) in [5, 5.41) is 10.3. The van der Waals surface area contributed by atoms with Crippen molar-refractivity contribution in [2.24, 2.45) is 0 Å². The van der Waals surface area contributed by atoms with Crippen molar-refractivity contribution in [3.8, 4) is 5.75 Å². The monoisotopic (exact) mass is 354 g/mol. The molecule has 1 amide bonds. The molecular formula is C20H26N4O2. The lowest BCUT2D eigenvalue weighted by Crippen LogP contribution is -2.36. The zero-order chi connectivity index (χ0) is 17.9. The molecule has 2 aliphatic rings. The van der Waals surface area contributed by atoms with Crippen molar-refractivity contribution in [2.75, 3.05) is 26.7 Å². The molecule has 2 N–H and O–H groups in total. The van der Waals surface area contributed by atoms with Crippen LogP contribution in [0.1, 0.15) is 59.4 Å². The zero-order valence-corrected chi connectivity index (χ0v) is 15.2. The lowest BCUT2D eigenvalue weighted by Gasteiger charge is -2.28. The minimum absolute atomic E-state index is 0.106. The van der Waals surface area contributed by atoms with Crippen molar-refractivity contribution in [3.63, 3.8) is 0 Å². The van der Waals surface area contributed by atoms with E-state index in [0.717, 1.165) is 24.5 Å². The maximum atomic E-state index is 12.5. The summed E-state index contributed by atoms with van der Waals surface area (Å²) in [6, 6.07) is 10.2. The van der Waals surface area contributed by atoms with Gasteiger partial charge < -0.3 is 10.1 Å². The standard InChI is InChI=1S/C20H26N4O2/c1-26-16-8-6-15(7-9-16)19(24-10-2-3-11-24)13-21-20(25)18-12-17(22-23-18)14-4-5-14/h6-9,12,14,19H,2-5,10-11,13H2,1H3,(H,21,25)(H,22,23). The molecule has 1 aliphatic carbocycles. The number of likely N-dealkylation sites (tertiary alicyclic amines) is 1. The minimum atomic E-state index is -0.106. The molecule has 1 aromatic carbocycles. The summed E-state index contributed by atoms with van der Waals surface area (Å²) in [4.78, 5) is 15.0. The van der Waals surface area contributed by atoms with Gasteiger partial charge in [0, 0.05) is 18.2 Å². The molecule has 138 valence electrons. The SMILES string of the molecule is COc1ccc(C(CNC(=O)c2cc(C3CC3)[nH]n2)N2CCCC2)cc1. The number of aromatic nitrogens is 2. The lowest BCUT2D eigenvalue weighted by molar-refractivity contribution is 0.0933. The molecule has 2 fully saturated rings. The van der Waals surface area contributed by atoms with Crippen molar-refractivity contribution < 1.29 is 9.53 Å². The van der Waals surface area contributed by atoms with Crippen molar-refractivity contribution in [3.05, 3.63) is 47.3 Å². The van der Waals surface area contributed by atoms with Crippen LogP contribution < -0.4 is 10.1 Å². The van der Waals surface area contributed by atoms with E-state index in [9.17, 15) is 4.79 Å². The molecule has 6 nitrogen and oxygen atoms in total. The van der Waals surface area contributed by atoms with Crippen LogP contribution in [-0.2, 0) is 0 Å². The molecule has 2 aromatic rings. The third-order valence-corrected chi connectivity index (χ3v) is 5.39. The fraction of sp³-hybridized carbons (Fsp3) is 0.500. The number of hydrogen-bond acceptors (Lipinski definition) is 4. The van der Waals surface area contributed by atoms with Crippen molar-refractivity contribution in [2.45, 2.75) is 37.6 Å². The van der Waals surface area contributed by atoms with E-state index in [-0.39, 0.29) is 11.9 Å². The number of nitrogens with zero attached hydrogens (tertiary/aromatic N) is 2. The van der Waals surface area contributed by atoms with Gasteiger partial charge in [0.2, 0.25) is 0 Å². The molecule has 1 atom stereocenters. The molecule has 1 saturated carbocycles. The number of carbonyl (C=O) groups excluding carboxylic acids is 1. The number of amides is 1. The van der Waals surface area contributed by atoms with Gasteiger partial charge in [0.15, 0.2) is 0 Å². The van der Waals surface area contributed by atoms with Gasteiger partial charge in [-0.2, -0.15) is 5.10 Å². The first-order chi connectivity index (χ1) is 12.7. The Morgan fingerprint density at radius 2 is 2.04 bits per heavy atom. The molecule has 1 saturated heterocycles. The maximum Gasteiger partial charge on any atom is 0.271 e. The summed E-state index contributed by atoms with van der Waals surface area (Å²) in [5.74, 6) is 1.31. The van der Waals surface area contributed by atoms with Gasteiger partial charge in [0.05, 0.1) is 13.2 Å². The minimum Gasteiger partial charge on any atom is -0.497 e. The Kier molecular flexibility index (Phi) is 4.93. The van der Waals surface area contributed by atoms with E-state index < -0.39 is 0 Å². The number of benzene rings is 1. The summed E-state index contributed by atoms with van der Waals surface area (Å²) >= 11 is 0. The number of nitrogens with one attached hydrogen (secondary N) is 2. The van der Waals surface area contributed by atoms with Crippen LogP contribution in [0.25, 0.3) is 0 Å². The molecule has 1 unspecified atom stereocenters. The number of carbonyl (C=O) groups is 1. The van der Waals surface area contributed by atoms with Gasteiger partial charge in [-0.1, -0.05) is 12.1 Å². The third kappa shape index (κ3) is 3.75. The van der Waals surface area contributed by atoms with Crippen LogP contribution >= 0.6 is 0 Å². The number of aromatic amines is 1. The van der Waals surface area contributed by atoms with Crippen LogP contribution in [0.2, 0.25) is 0 Å². The summed E-state index contributed by atoms with van der Waals surface area (Å²) in [6.07, 6.45) is 4.81. The quantitative estimate of drug-likeness (QED) is 0.802. The molecule has 1 aliphatic heterocycles. The van der Waals surface area contributed by atoms with E-state index in [1.807, 2.05) is 18.2 Å². The zero-order valence-electron chi connectivity index (χ0n) is 15.2. The normalized spacial score (nSPS) is 18.7. The smallest absolute Gasteiger partial charge is 0.271 e. The van der Waals surface area contributed by atoms with Gasteiger partial charge >= 0.3 is 0 Å². The number of ether oxygens (including phenoxy) is 1. The summed E-state index contributed by atoms with van der Waals surface area (Å²) < 4.78 is 5.26. The number of rotatable bonds is 7. The van der Waals surface area contributed by atoms with Gasteiger partial charge in [0.1, 0.15) is 11.4 Å². The average molecular weight is 354 g/mol. The Morgan fingerprint density at radius 3 is 2.69 bits per heavy atom. The molecule has 0 bridgehead atoms. The predicted octanol–water partition coefficient (Wildman–Crippen LogP) is 2.86. The third-order valence-electron chi connectivity index (χ3n) is 5.39. The second-order valence-electron chi connectivity index (χ2n) is 7.22. The second-order valence-corrected chi connectivity index (χ2v) is 7.22. The van der Waals surface area contributed by atoms with Crippen molar-refractivity contribution in [1.29, 1.82) is 0 Å². The Bertz CT molecular complexity index is 745. The van der Waals surface area contributed by atoms with Gasteiger partial charge in [-0.3, -0.25) is 14.8 Å². The van der Waals surface area contributed by atoms with Gasteiger partial charge in [-0.05, 0) is 62.5 Å². The van der Waals surface area contributed by atoms with Crippen LogP contribution in [0.3, 0.4) is 0 Å². The Balaban J connectivity index is 1.44. The Hall–Kier alpha value is -2.34. The van der Waals surface area contributed by atoms with Crippen LogP contribution in [-0.4, -0.2) is 47.7 Å². The van der Waals surface area contributed by atoms with E-state index in [1.54, 1.807) is 7.11 Å². The molecule has 6 heteroatoms.